The van der Waals surface area contributed by atoms with Crippen molar-refractivity contribution in [2.24, 2.45) is 5.92 Å². The Morgan fingerprint density at radius 3 is 2.89 bits per heavy atom. The van der Waals surface area contributed by atoms with Crippen LogP contribution < -0.4 is 15.4 Å². The highest BCUT2D eigenvalue weighted by molar-refractivity contribution is 5.91. The summed E-state index contributed by atoms with van der Waals surface area (Å²) in [6, 6.07) is 8.91. The normalized spacial score (nSPS) is 21.4. The molecule has 0 radical (unpaired) electrons. The molecule has 3 aliphatic heterocycles. The number of nitrogens with one attached hydrogen (secondary N) is 2. The smallest absolute Gasteiger partial charge is 0.322 e. The third-order valence-electron chi connectivity index (χ3n) is 4.81. The highest BCUT2D eigenvalue weighted by Crippen LogP contribution is 2.29. The summed E-state index contributed by atoms with van der Waals surface area (Å²) in [6.45, 7) is 0.829. The molecule has 2 bridgehead atoms. The lowest BCUT2D eigenvalue weighted by molar-refractivity contribution is -0.126. The summed E-state index contributed by atoms with van der Waals surface area (Å²) < 4.78 is 19.4. The zero-order chi connectivity index (χ0) is 18.8. The number of urea groups is 1. The van der Waals surface area contributed by atoms with Crippen molar-refractivity contribution in [1.82, 2.24) is 15.2 Å². The Morgan fingerprint density at radius 2 is 2.07 bits per heavy atom. The van der Waals surface area contributed by atoms with Crippen molar-refractivity contribution < 1.29 is 18.7 Å². The van der Waals surface area contributed by atoms with E-state index in [9.17, 15) is 14.0 Å². The van der Waals surface area contributed by atoms with Crippen LogP contribution in [0.3, 0.4) is 0 Å². The molecule has 0 aliphatic carbocycles. The Kier molecular flexibility index (Phi) is 4.62. The Balaban J connectivity index is 1.50. The standard InChI is InChI=1S/C19H19FN4O3/c20-14-4-1-2-6-16(14)27-18-15(5-3-9-21-18)23-19(26)24-10-12-7-8-13(11-24)22-17(12)25/h1-6,9,12-13H,7-8,10-11H2,(H,22,25)(H,23,26)/t12-,13+/m0/s1. The molecule has 0 unspecified atom stereocenters. The van der Waals surface area contributed by atoms with Gasteiger partial charge in [-0.3, -0.25) is 4.79 Å². The van der Waals surface area contributed by atoms with Crippen LogP contribution in [-0.4, -0.2) is 41.0 Å². The zero-order valence-electron chi connectivity index (χ0n) is 14.5. The van der Waals surface area contributed by atoms with Crippen molar-refractivity contribution >= 4 is 17.6 Å². The zero-order valence-corrected chi connectivity index (χ0v) is 14.5. The first-order valence-corrected chi connectivity index (χ1v) is 8.84. The lowest BCUT2D eigenvalue weighted by Crippen LogP contribution is -2.44. The van der Waals surface area contributed by atoms with E-state index in [2.05, 4.69) is 15.6 Å². The highest BCUT2D eigenvalue weighted by atomic mass is 19.1. The van der Waals surface area contributed by atoms with Crippen LogP contribution in [0.2, 0.25) is 0 Å². The largest absolute Gasteiger partial charge is 0.434 e. The van der Waals surface area contributed by atoms with Crippen molar-refractivity contribution in [1.29, 1.82) is 0 Å². The molecule has 1 aromatic heterocycles. The summed E-state index contributed by atoms with van der Waals surface area (Å²) in [4.78, 5) is 30.4. The topological polar surface area (TPSA) is 83.6 Å². The number of nitrogens with zero attached hydrogens (tertiary/aromatic N) is 2. The van der Waals surface area contributed by atoms with E-state index < -0.39 is 5.82 Å². The number of amides is 3. The number of hydrogen-bond donors (Lipinski definition) is 2. The number of para-hydroxylation sites is 1. The first kappa shape index (κ1) is 17.3. The number of anilines is 1. The Morgan fingerprint density at radius 1 is 1.22 bits per heavy atom. The minimum absolute atomic E-state index is 0.00602. The Hall–Kier alpha value is -3.16. The highest BCUT2D eigenvalue weighted by Gasteiger charge is 2.36. The molecule has 4 heterocycles. The molecule has 3 amide bonds. The molecule has 3 saturated heterocycles. The number of aromatic nitrogens is 1. The maximum Gasteiger partial charge on any atom is 0.322 e. The van der Waals surface area contributed by atoms with Gasteiger partial charge in [0.15, 0.2) is 11.6 Å². The average molecular weight is 370 g/mol. The average Bonchev–Trinajstić information content (AvgIpc) is 2.96. The molecule has 7 nitrogen and oxygen atoms in total. The quantitative estimate of drug-likeness (QED) is 0.870. The lowest BCUT2D eigenvalue weighted by atomic mass is 9.96. The molecule has 3 aliphatic rings. The van der Waals surface area contributed by atoms with Crippen molar-refractivity contribution in [2.45, 2.75) is 18.9 Å². The number of carbonyl (C=O) groups excluding carboxylic acids is 2. The molecule has 8 heteroatoms. The summed E-state index contributed by atoms with van der Waals surface area (Å²) in [5, 5.41) is 5.71. The lowest BCUT2D eigenvalue weighted by Gasteiger charge is -2.23. The van der Waals surface area contributed by atoms with Crippen molar-refractivity contribution in [3.8, 4) is 11.6 Å². The third kappa shape index (κ3) is 3.69. The molecule has 2 N–H and O–H groups in total. The van der Waals surface area contributed by atoms with Crippen LogP contribution in [0.15, 0.2) is 42.6 Å². The summed E-state index contributed by atoms with van der Waals surface area (Å²) >= 11 is 0. The monoisotopic (exact) mass is 370 g/mol. The van der Waals surface area contributed by atoms with E-state index in [1.165, 1.54) is 18.3 Å². The predicted molar refractivity (Wildman–Crippen MR) is 96.0 cm³/mol. The molecule has 0 saturated carbocycles. The van der Waals surface area contributed by atoms with Gasteiger partial charge in [-0.25, -0.2) is 14.2 Å². The van der Waals surface area contributed by atoms with E-state index in [1.807, 2.05) is 0 Å². The molecule has 1 aromatic carbocycles. The summed E-state index contributed by atoms with van der Waals surface area (Å²) in [5.74, 6) is -0.574. The fourth-order valence-electron chi connectivity index (χ4n) is 3.40. The number of hydrogen-bond acceptors (Lipinski definition) is 4. The van der Waals surface area contributed by atoms with E-state index in [4.69, 9.17) is 4.74 Å². The fourth-order valence-corrected chi connectivity index (χ4v) is 3.40. The van der Waals surface area contributed by atoms with Gasteiger partial charge in [0, 0.05) is 25.3 Å². The van der Waals surface area contributed by atoms with E-state index in [0.717, 1.165) is 12.8 Å². The van der Waals surface area contributed by atoms with E-state index in [1.54, 1.807) is 29.2 Å². The SMILES string of the molecule is O=C1N[C@@H]2CC[C@H]1CN(C(=O)Nc1cccnc1Oc1ccccc1F)C2. The molecular formula is C19H19FN4O3. The number of pyridine rings is 1. The number of piperidine rings is 1. The Bertz CT molecular complexity index is 876. The van der Waals surface area contributed by atoms with Crippen LogP contribution in [0.5, 0.6) is 11.6 Å². The van der Waals surface area contributed by atoms with Gasteiger partial charge < -0.3 is 20.3 Å². The number of carbonyl (C=O) groups is 2. The van der Waals surface area contributed by atoms with Crippen LogP contribution >= 0.6 is 0 Å². The molecule has 5 rings (SSSR count). The minimum atomic E-state index is -0.519. The van der Waals surface area contributed by atoms with Gasteiger partial charge in [-0.15, -0.1) is 0 Å². The molecule has 2 atom stereocenters. The maximum atomic E-state index is 13.8. The van der Waals surface area contributed by atoms with Crippen LogP contribution in [0.25, 0.3) is 0 Å². The van der Waals surface area contributed by atoms with Gasteiger partial charge in [0.1, 0.15) is 5.69 Å². The van der Waals surface area contributed by atoms with Gasteiger partial charge >= 0.3 is 6.03 Å². The van der Waals surface area contributed by atoms with Gasteiger partial charge in [0.25, 0.3) is 0 Å². The van der Waals surface area contributed by atoms with E-state index in [0.29, 0.717) is 18.8 Å². The second-order valence-electron chi connectivity index (χ2n) is 6.70. The van der Waals surface area contributed by atoms with Crippen LogP contribution in [0.4, 0.5) is 14.9 Å². The van der Waals surface area contributed by atoms with Crippen molar-refractivity contribution in [2.75, 3.05) is 18.4 Å². The Labute approximate surface area is 155 Å². The predicted octanol–water partition coefficient (Wildman–Crippen LogP) is 2.76. The van der Waals surface area contributed by atoms with Gasteiger partial charge in [0.05, 0.1) is 5.92 Å². The molecule has 3 fully saturated rings. The molecule has 27 heavy (non-hydrogen) atoms. The minimum Gasteiger partial charge on any atom is -0.434 e. The third-order valence-corrected chi connectivity index (χ3v) is 4.81. The first-order chi connectivity index (χ1) is 13.1. The molecular weight excluding hydrogens is 351 g/mol. The number of ether oxygens (including phenoxy) is 1. The summed E-state index contributed by atoms with van der Waals surface area (Å²) in [6.07, 6.45) is 3.16. The second kappa shape index (κ2) is 7.22. The number of benzene rings is 1. The van der Waals surface area contributed by atoms with Crippen LogP contribution in [0.1, 0.15) is 12.8 Å². The second-order valence-corrected chi connectivity index (χ2v) is 6.70. The fraction of sp³-hybridized carbons (Fsp3) is 0.316. The number of fused-ring (bicyclic) bond motifs is 4. The maximum absolute atomic E-state index is 13.8. The van der Waals surface area contributed by atoms with Crippen LogP contribution in [0, 0.1) is 11.7 Å². The van der Waals surface area contributed by atoms with Gasteiger partial charge in [0.2, 0.25) is 11.8 Å². The first-order valence-electron chi connectivity index (χ1n) is 8.84. The summed E-state index contributed by atoms with van der Waals surface area (Å²) in [7, 11) is 0. The summed E-state index contributed by atoms with van der Waals surface area (Å²) in [5.41, 5.74) is 0.335. The van der Waals surface area contributed by atoms with Gasteiger partial charge in [-0.1, -0.05) is 12.1 Å². The van der Waals surface area contributed by atoms with Crippen molar-refractivity contribution in [3.05, 3.63) is 48.4 Å². The molecule has 140 valence electrons. The van der Waals surface area contributed by atoms with Gasteiger partial charge in [-0.05, 0) is 37.1 Å². The van der Waals surface area contributed by atoms with E-state index in [-0.39, 0.29) is 35.5 Å². The number of halogens is 1. The van der Waals surface area contributed by atoms with Crippen LogP contribution in [-0.2, 0) is 4.79 Å². The molecule has 2 aromatic rings. The van der Waals surface area contributed by atoms with E-state index >= 15 is 0 Å². The number of rotatable bonds is 3. The van der Waals surface area contributed by atoms with Gasteiger partial charge in [-0.2, -0.15) is 0 Å². The van der Waals surface area contributed by atoms with Crippen molar-refractivity contribution in [3.63, 3.8) is 0 Å². The molecule has 0 spiro atoms.